The van der Waals surface area contributed by atoms with Crippen molar-refractivity contribution in [3.8, 4) is 0 Å². The summed E-state index contributed by atoms with van der Waals surface area (Å²) in [6.07, 6.45) is -0.834. The van der Waals surface area contributed by atoms with Crippen molar-refractivity contribution in [1.82, 2.24) is 0 Å². The van der Waals surface area contributed by atoms with Gasteiger partial charge in [-0.05, 0) is 55.2 Å². The Labute approximate surface area is 163 Å². The Hall–Kier alpha value is -2.78. The van der Waals surface area contributed by atoms with Gasteiger partial charge in [-0.3, -0.25) is 14.9 Å². The highest BCUT2D eigenvalue weighted by Crippen LogP contribution is 2.27. The van der Waals surface area contributed by atoms with Gasteiger partial charge in [-0.2, -0.15) is 0 Å². The van der Waals surface area contributed by atoms with E-state index in [4.69, 9.17) is 4.74 Å². The van der Waals surface area contributed by atoms with Crippen molar-refractivity contribution >= 4 is 21.4 Å². The second-order valence-electron chi connectivity index (χ2n) is 6.48. The lowest BCUT2D eigenvalue weighted by molar-refractivity contribution is -0.458. The highest BCUT2D eigenvalue weighted by atomic mass is 32.2. The van der Waals surface area contributed by atoms with Crippen molar-refractivity contribution in [2.24, 2.45) is 0 Å². The molecule has 2 rings (SSSR count). The molecule has 0 saturated heterocycles. The number of hydrogen-bond donors (Lipinski definition) is 1. The average molecular weight is 406 g/mol. The van der Waals surface area contributed by atoms with Crippen LogP contribution < -0.4 is 5.32 Å². The Bertz CT molecular complexity index is 994. The van der Waals surface area contributed by atoms with E-state index in [1.165, 1.54) is 33.1 Å². The molecule has 1 atom stereocenters. The number of aryl methyl sites for hydroxylation is 3. The van der Waals surface area contributed by atoms with E-state index >= 15 is 0 Å². The number of rotatable bonds is 7. The number of nitrogens with zero attached hydrogens (tertiary/aromatic N) is 1. The molecule has 28 heavy (non-hydrogen) atoms. The van der Waals surface area contributed by atoms with Crippen LogP contribution in [0, 0.1) is 30.9 Å². The van der Waals surface area contributed by atoms with Gasteiger partial charge in [0, 0.05) is 17.7 Å². The third-order valence-electron chi connectivity index (χ3n) is 4.26. The minimum absolute atomic E-state index is 0.0932. The zero-order valence-corrected chi connectivity index (χ0v) is 16.9. The maximum atomic E-state index is 12.7. The molecule has 0 spiro atoms. The fourth-order valence-electron chi connectivity index (χ4n) is 3.18. The smallest absolute Gasteiger partial charge is 0.305 e. The third-order valence-corrected chi connectivity index (χ3v) is 6.08. The summed E-state index contributed by atoms with van der Waals surface area (Å²) < 4.78 is 29.8. The van der Waals surface area contributed by atoms with Crippen molar-refractivity contribution in [1.29, 1.82) is 0 Å². The molecule has 0 aliphatic rings. The molecule has 0 saturated carbocycles. The number of benzene rings is 2. The molecule has 9 heteroatoms. The maximum absolute atomic E-state index is 12.7. The Morgan fingerprint density at radius 1 is 1.14 bits per heavy atom. The number of anilines is 1. The van der Waals surface area contributed by atoms with Crippen molar-refractivity contribution < 1.29 is 22.9 Å². The molecule has 0 fully saturated rings. The summed E-state index contributed by atoms with van der Waals surface area (Å²) in [5.74, 6) is -1.59. The largest absolute Gasteiger partial charge is 0.367 e. The molecular weight excluding hydrogens is 384 g/mol. The van der Waals surface area contributed by atoms with Gasteiger partial charge in [-0.15, -0.1) is 0 Å². The van der Waals surface area contributed by atoms with Gasteiger partial charge in [-0.1, -0.05) is 24.3 Å². The number of carbonyl (C=O) groups excluding carboxylic acids is 1. The number of amides is 1. The highest BCUT2D eigenvalue weighted by molar-refractivity contribution is 7.91. The highest BCUT2D eigenvalue weighted by Gasteiger charge is 2.27. The first-order valence-electron chi connectivity index (χ1n) is 8.41. The predicted octanol–water partition coefficient (Wildman–Crippen LogP) is 2.95. The first-order valence-corrected chi connectivity index (χ1v) is 10.1. The predicted molar refractivity (Wildman–Crippen MR) is 105 cm³/mol. The molecule has 8 nitrogen and oxygen atoms in total. The lowest BCUT2D eigenvalue weighted by atomic mass is 10.0. The molecule has 0 aliphatic heterocycles. The standard InChI is InChI=1S/C19H22N2O6S/c1-12-7-5-6-8-16(12)17(27-4)19(22)20-15-9-13(2)18(14(3)10-15)28(25,26)11-21(23)24/h5-10,17H,11H2,1-4H3,(H,20,22)/t17-/m1/s1. The van der Waals surface area contributed by atoms with E-state index in [2.05, 4.69) is 5.32 Å². The molecule has 0 aliphatic carbocycles. The van der Waals surface area contributed by atoms with Gasteiger partial charge in [0.05, 0.1) is 4.90 Å². The number of nitro groups is 1. The minimum atomic E-state index is -4.07. The molecule has 150 valence electrons. The lowest BCUT2D eigenvalue weighted by Crippen LogP contribution is -2.23. The number of hydrogen-bond acceptors (Lipinski definition) is 6. The molecule has 0 aromatic heterocycles. The summed E-state index contributed by atoms with van der Waals surface area (Å²) in [5, 5.41) is 13.4. The van der Waals surface area contributed by atoms with E-state index in [0.717, 1.165) is 11.1 Å². The zero-order valence-electron chi connectivity index (χ0n) is 16.1. The molecule has 0 radical (unpaired) electrons. The molecule has 2 aromatic rings. The number of ether oxygens (including phenoxy) is 1. The number of nitrogens with one attached hydrogen (secondary N) is 1. The van der Waals surface area contributed by atoms with Crippen LogP contribution in [-0.2, 0) is 19.4 Å². The molecule has 0 bridgehead atoms. The zero-order chi connectivity index (χ0) is 21.1. The van der Waals surface area contributed by atoms with Crippen LogP contribution in [0.2, 0.25) is 0 Å². The molecule has 1 N–H and O–H groups in total. The van der Waals surface area contributed by atoms with E-state index in [1.54, 1.807) is 6.07 Å². The van der Waals surface area contributed by atoms with Crippen LogP contribution in [0.15, 0.2) is 41.3 Å². The van der Waals surface area contributed by atoms with E-state index in [1.807, 2.05) is 25.1 Å². The van der Waals surface area contributed by atoms with Crippen molar-refractivity contribution in [2.75, 3.05) is 18.3 Å². The molecule has 1 amide bonds. The van der Waals surface area contributed by atoms with Crippen molar-refractivity contribution in [3.63, 3.8) is 0 Å². The summed E-state index contributed by atoms with van der Waals surface area (Å²) >= 11 is 0. The van der Waals surface area contributed by atoms with Gasteiger partial charge in [0.25, 0.3) is 5.91 Å². The van der Waals surface area contributed by atoms with Gasteiger partial charge < -0.3 is 10.1 Å². The van der Waals surface area contributed by atoms with Gasteiger partial charge in [0.2, 0.25) is 9.84 Å². The van der Waals surface area contributed by atoms with E-state index in [-0.39, 0.29) is 4.90 Å². The van der Waals surface area contributed by atoms with Crippen LogP contribution in [0.25, 0.3) is 0 Å². The summed E-state index contributed by atoms with van der Waals surface area (Å²) in [5.41, 5.74) is 2.65. The number of carbonyl (C=O) groups is 1. The summed E-state index contributed by atoms with van der Waals surface area (Å²) in [6, 6.07) is 10.3. The first-order chi connectivity index (χ1) is 13.1. The van der Waals surface area contributed by atoms with Gasteiger partial charge >= 0.3 is 5.88 Å². The Morgan fingerprint density at radius 3 is 2.21 bits per heavy atom. The fourth-order valence-corrected chi connectivity index (χ4v) is 4.69. The van der Waals surface area contributed by atoms with Crippen LogP contribution in [0.5, 0.6) is 0 Å². The van der Waals surface area contributed by atoms with Crippen LogP contribution in [0.3, 0.4) is 0 Å². The number of sulfone groups is 1. The first kappa shape index (κ1) is 21.5. The minimum Gasteiger partial charge on any atom is -0.367 e. The summed E-state index contributed by atoms with van der Waals surface area (Å²) in [6.45, 7) is 4.94. The topological polar surface area (TPSA) is 116 Å². The van der Waals surface area contributed by atoms with Gasteiger partial charge in [0.1, 0.15) is 0 Å². The number of methoxy groups -OCH3 is 1. The van der Waals surface area contributed by atoms with Gasteiger partial charge in [-0.25, -0.2) is 8.42 Å². The molecule has 0 heterocycles. The average Bonchev–Trinajstić information content (AvgIpc) is 2.55. The normalized spacial score (nSPS) is 12.4. The summed E-state index contributed by atoms with van der Waals surface area (Å²) in [7, 11) is -2.64. The second-order valence-corrected chi connectivity index (χ2v) is 8.37. The van der Waals surface area contributed by atoms with E-state index in [9.17, 15) is 23.3 Å². The van der Waals surface area contributed by atoms with Crippen LogP contribution >= 0.6 is 0 Å². The Morgan fingerprint density at radius 2 is 1.71 bits per heavy atom. The third kappa shape index (κ3) is 4.73. The quantitative estimate of drug-likeness (QED) is 0.558. The second kappa shape index (κ2) is 8.49. The Kier molecular flexibility index (Phi) is 6.52. The van der Waals surface area contributed by atoms with Crippen molar-refractivity contribution in [3.05, 3.63) is 68.8 Å². The maximum Gasteiger partial charge on any atom is 0.305 e. The fraction of sp³-hybridized carbons (Fsp3) is 0.316. The molecule has 0 unspecified atom stereocenters. The lowest BCUT2D eigenvalue weighted by Gasteiger charge is -2.18. The van der Waals surface area contributed by atoms with Crippen LogP contribution in [0.1, 0.15) is 28.4 Å². The molecular formula is C19H22N2O6S. The Balaban J connectivity index is 2.33. The van der Waals surface area contributed by atoms with E-state index < -0.39 is 32.6 Å². The monoisotopic (exact) mass is 406 g/mol. The summed E-state index contributed by atoms with van der Waals surface area (Å²) in [4.78, 5) is 22.4. The molecule has 2 aromatic carbocycles. The SMILES string of the molecule is CO[C@@H](C(=O)Nc1cc(C)c(S(=O)(=O)C[N+](=O)[O-])c(C)c1)c1ccccc1C. The van der Waals surface area contributed by atoms with Gasteiger partial charge in [0.15, 0.2) is 6.10 Å². The van der Waals surface area contributed by atoms with E-state index in [0.29, 0.717) is 16.8 Å². The van der Waals surface area contributed by atoms with Crippen LogP contribution in [-0.4, -0.2) is 32.2 Å². The van der Waals surface area contributed by atoms with Crippen LogP contribution in [0.4, 0.5) is 5.69 Å². The van der Waals surface area contributed by atoms with Crippen molar-refractivity contribution in [2.45, 2.75) is 31.8 Å².